The van der Waals surface area contributed by atoms with Crippen molar-refractivity contribution in [1.82, 2.24) is 0 Å². The fourth-order valence-corrected chi connectivity index (χ4v) is 2.62. The second-order valence-electron chi connectivity index (χ2n) is 4.20. The van der Waals surface area contributed by atoms with Crippen LogP contribution in [0.15, 0.2) is 0 Å². The molecule has 1 aliphatic rings. The minimum atomic E-state index is -0.497. The molecule has 1 saturated heterocycles. The number of thioether (sulfide) groups is 1. The van der Waals surface area contributed by atoms with Gasteiger partial charge in [-0.25, -0.2) is 0 Å². The first kappa shape index (κ1) is 10.1. The zero-order chi connectivity index (χ0) is 9.24. The van der Waals surface area contributed by atoms with Crippen molar-refractivity contribution in [1.29, 1.82) is 0 Å². The summed E-state index contributed by atoms with van der Waals surface area (Å²) in [4.78, 5) is 10.9. The highest BCUT2D eigenvalue weighted by atomic mass is 32.2. The van der Waals surface area contributed by atoms with Gasteiger partial charge in [0.1, 0.15) is 5.60 Å². The molecule has 0 N–H and O–H groups in total. The molecule has 1 heterocycles. The highest BCUT2D eigenvalue weighted by Crippen LogP contribution is 2.33. The minimum absolute atomic E-state index is 0.216. The van der Waals surface area contributed by atoms with Crippen LogP contribution in [0, 0.1) is 0 Å². The summed E-state index contributed by atoms with van der Waals surface area (Å²) in [7, 11) is 0. The molecule has 0 bridgehead atoms. The van der Waals surface area contributed by atoms with Crippen molar-refractivity contribution in [3.63, 3.8) is 0 Å². The number of hydrogen-bond donors (Lipinski definition) is 0. The number of rotatable bonds is 2. The fourth-order valence-electron chi connectivity index (χ4n) is 1.37. The SMILES string of the molecule is CC(C)(C)OC1(C=O)CCSC1. The molecule has 1 unspecified atom stereocenters. The Labute approximate surface area is 78.1 Å². The Kier molecular flexibility index (Phi) is 2.84. The van der Waals surface area contributed by atoms with Crippen LogP contribution >= 0.6 is 11.8 Å². The van der Waals surface area contributed by atoms with Crippen LogP contribution in [0.2, 0.25) is 0 Å². The maximum Gasteiger partial charge on any atom is 0.152 e. The lowest BCUT2D eigenvalue weighted by atomic mass is 10.0. The Balaban J connectivity index is 2.62. The molecule has 1 atom stereocenters. The highest BCUT2D eigenvalue weighted by molar-refractivity contribution is 7.99. The Hall–Kier alpha value is -0.0200. The first-order valence-corrected chi connectivity index (χ1v) is 5.37. The lowest BCUT2D eigenvalue weighted by Gasteiger charge is -2.31. The number of carbonyl (C=O) groups excluding carboxylic acids is 1. The third-order valence-electron chi connectivity index (χ3n) is 1.74. The Morgan fingerprint density at radius 1 is 1.50 bits per heavy atom. The van der Waals surface area contributed by atoms with Crippen LogP contribution in [0.3, 0.4) is 0 Å². The molecular weight excluding hydrogens is 172 g/mol. The fraction of sp³-hybridized carbons (Fsp3) is 0.889. The summed E-state index contributed by atoms with van der Waals surface area (Å²) in [6, 6.07) is 0. The molecule has 0 radical (unpaired) electrons. The smallest absolute Gasteiger partial charge is 0.152 e. The highest BCUT2D eigenvalue weighted by Gasteiger charge is 2.38. The quantitative estimate of drug-likeness (QED) is 0.619. The van der Waals surface area contributed by atoms with Gasteiger partial charge in [0.05, 0.1) is 5.60 Å². The normalized spacial score (nSPS) is 30.6. The lowest BCUT2D eigenvalue weighted by molar-refractivity contribution is -0.146. The minimum Gasteiger partial charge on any atom is -0.361 e. The molecule has 0 saturated carbocycles. The Morgan fingerprint density at radius 2 is 2.17 bits per heavy atom. The summed E-state index contributed by atoms with van der Waals surface area (Å²) in [5.74, 6) is 1.85. The third kappa shape index (κ3) is 2.49. The predicted molar refractivity (Wildman–Crippen MR) is 51.6 cm³/mol. The van der Waals surface area contributed by atoms with Crippen molar-refractivity contribution >= 4 is 18.0 Å². The van der Waals surface area contributed by atoms with Crippen LogP contribution in [-0.4, -0.2) is 29.0 Å². The average molecular weight is 188 g/mol. The molecular formula is C9H16O2S. The molecule has 2 nitrogen and oxygen atoms in total. The summed E-state index contributed by atoms with van der Waals surface area (Å²) < 4.78 is 5.75. The summed E-state index contributed by atoms with van der Waals surface area (Å²) in [5.41, 5.74) is -0.714. The summed E-state index contributed by atoms with van der Waals surface area (Å²) in [5, 5.41) is 0. The van der Waals surface area contributed by atoms with Gasteiger partial charge in [0, 0.05) is 5.75 Å². The van der Waals surface area contributed by atoms with Crippen LogP contribution in [0.4, 0.5) is 0 Å². The molecule has 3 heteroatoms. The van der Waals surface area contributed by atoms with Crippen LogP contribution in [-0.2, 0) is 9.53 Å². The first-order valence-electron chi connectivity index (χ1n) is 4.22. The van der Waals surface area contributed by atoms with Gasteiger partial charge in [0.25, 0.3) is 0 Å². The summed E-state index contributed by atoms with van der Waals surface area (Å²) in [6.45, 7) is 5.96. The molecule has 0 aromatic heterocycles. The van der Waals surface area contributed by atoms with Gasteiger partial charge in [-0.2, -0.15) is 11.8 Å². The van der Waals surface area contributed by atoms with Crippen molar-refractivity contribution in [3.8, 4) is 0 Å². The van der Waals surface area contributed by atoms with Gasteiger partial charge in [-0.05, 0) is 32.9 Å². The van der Waals surface area contributed by atoms with E-state index in [-0.39, 0.29) is 5.60 Å². The van der Waals surface area contributed by atoms with Gasteiger partial charge in [-0.15, -0.1) is 0 Å². The van der Waals surface area contributed by atoms with Gasteiger partial charge in [-0.3, -0.25) is 0 Å². The second-order valence-corrected chi connectivity index (χ2v) is 5.30. The van der Waals surface area contributed by atoms with Crippen LogP contribution in [0.25, 0.3) is 0 Å². The van der Waals surface area contributed by atoms with Gasteiger partial charge < -0.3 is 9.53 Å². The van der Waals surface area contributed by atoms with Crippen molar-refractivity contribution in [2.24, 2.45) is 0 Å². The van der Waals surface area contributed by atoms with E-state index in [1.54, 1.807) is 11.8 Å². The molecule has 1 rings (SSSR count). The second kappa shape index (κ2) is 3.38. The van der Waals surface area contributed by atoms with E-state index < -0.39 is 5.60 Å². The zero-order valence-electron chi connectivity index (χ0n) is 7.92. The van der Waals surface area contributed by atoms with Crippen molar-refractivity contribution in [2.75, 3.05) is 11.5 Å². The third-order valence-corrected chi connectivity index (χ3v) is 2.93. The molecule has 0 amide bonds. The number of ether oxygens (including phenoxy) is 1. The largest absolute Gasteiger partial charge is 0.361 e. The molecule has 1 fully saturated rings. The number of carbonyl (C=O) groups is 1. The summed E-state index contributed by atoms with van der Waals surface area (Å²) >= 11 is 1.79. The van der Waals surface area contributed by atoms with E-state index in [1.807, 2.05) is 20.8 Å². The molecule has 12 heavy (non-hydrogen) atoms. The molecule has 0 spiro atoms. The van der Waals surface area contributed by atoms with Crippen molar-refractivity contribution < 1.29 is 9.53 Å². The van der Waals surface area contributed by atoms with Gasteiger partial charge in [0.2, 0.25) is 0 Å². The van der Waals surface area contributed by atoms with E-state index >= 15 is 0 Å². The average Bonchev–Trinajstić information content (AvgIpc) is 2.34. The standard InChI is InChI=1S/C9H16O2S/c1-8(2,3)11-9(6-10)4-5-12-7-9/h6H,4-5,7H2,1-3H3. The predicted octanol–water partition coefficient (Wildman–Crippen LogP) is 1.88. The van der Waals surface area contributed by atoms with E-state index in [9.17, 15) is 4.79 Å². The topological polar surface area (TPSA) is 26.3 Å². The molecule has 0 aliphatic carbocycles. The van der Waals surface area contributed by atoms with E-state index in [1.165, 1.54) is 0 Å². The zero-order valence-corrected chi connectivity index (χ0v) is 8.74. The van der Waals surface area contributed by atoms with Gasteiger partial charge >= 0.3 is 0 Å². The monoisotopic (exact) mass is 188 g/mol. The molecule has 1 aliphatic heterocycles. The van der Waals surface area contributed by atoms with Crippen LogP contribution in [0.5, 0.6) is 0 Å². The molecule has 0 aromatic carbocycles. The number of hydrogen-bond acceptors (Lipinski definition) is 3. The van der Waals surface area contributed by atoms with Crippen molar-refractivity contribution in [3.05, 3.63) is 0 Å². The first-order chi connectivity index (χ1) is 5.47. The van der Waals surface area contributed by atoms with Gasteiger partial charge in [-0.1, -0.05) is 0 Å². The van der Waals surface area contributed by atoms with E-state index in [4.69, 9.17) is 4.74 Å². The lowest BCUT2D eigenvalue weighted by Crippen LogP contribution is -2.41. The molecule has 70 valence electrons. The van der Waals surface area contributed by atoms with Gasteiger partial charge in [0.15, 0.2) is 6.29 Å². The van der Waals surface area contributed by atoms with Crippen LogP contribution < -0.4 is 0 Å². The van der Waals surface area contributed by atoms with E-state index in [2.05, 4.69) is 0 Å². The maximum absolute atomic E-state index is 10.9. The Bertz CT molecular complexity index is 166. The van der Waals surface area contributed by atoms with Crippen molar-refractivity contribution in [2.45, 2.75) is 38.4 Å². The maximum atomic E-state index is 10.9. The number of aldehydes is 1. The van der Waals surface area contributed by atoms with E-state index in [0.717, 1.165) is 24.2 Å². The molecule has 0 aromatic rings. The Morgan fingerprint density at radius 3 is 2.50 bits per heavy atom. The van der Waals surface area contributed by atoms with Crippen LogP contribution in [0.1, 0.15) is 27.2 Å². The van der Waals surface area contributed by atoms with E-state index in [0.29, 0.717) is 0 Å². The summed E-state index contributed by atoms with van der Waals surface area (Å²) in [6.07, 6.45) is 1.83.